The number of nitrogens with zero attached hydrogens (tertiary/aromatic N) is 3. The van der Waals surface area contributed by atoms with Crippen LogP contribution in [0.25, 0.3) is 15.2 Å². The molecule has 0 saturated heterocycles. The summed E-state index contributed by atoms with van der Waals surface area (Å²) in [6, 6.07) is 4.43. The van der Waals surface area contributed by atoms with Crippen LogP contribution in [-0.2, 0) is 6.42 Å². The summed E-state index contributed by atoms with van der Waals surface area (Å²) in [4.78, 5) is 0.978. The van der Waals surface area contributed by atoms with Gasteiger partial charge in [0.1, 0.15) is 5.82 Å². The van der Waals surface area contributed by atoms with Gasteiger partial charge in [0.15, 0.2) is 0 Å². The van der Waals surface area contributed by atoms with Gasteiger partial charge < -0.3 is 5.73 Å². The number of hydrogen-bond donors (Lipinski definition) is 1. The predicted octanol–water partition coefficient (Wildman–Crippen LogP) is 2.45. The standard InChI is InChI=1S/C13H16N4S/c1-8-6-9(2)12-10(7-8)18-13-16-15-11(17(12)13)4-3-5-14/h6-7H,3-5,14H2,1-2H3. The van der Waals surface area contributed by atoms with Crippen molar-refractivity contribution in [2.75, 3.05) is 6.54 Å². The van der Waals surface area contributed by atoms with Crippen LogP contribution in [-0.4, -0.2) is 21.1 Å². The lowest BCUT2D eigenvalue weighted by molar-refractivity contribution is 0.775. The van der Waals surface area contributed by atoms with Crippen molar-refractivity contribution in [3.05, 3.63) is 29.1 Å². The van der Waals surface area contributed by atoms with Crippen LogP contribution in [0, 0.1) is 13.8 Å². The van der Waals surface area contributed by atoms with Gasteiger partial charge in [0, 0.05) is 6.42 Å². The van der Waals surface area contributed by atoms with E-state index in [-0.39, 0.29) is 0 Å². The molecule has 0 aliphatic rings. The fraction of sp³-hybridized carbons (Fsp3) is 0.385. The first-order valence-electron chi connectivity index (χ1n) is 6.14. The Morgan fingerprint density at radius 1 is 1.28 bits per heavy atom. The molecule has 3 aromatic rings. The molecule has 0 saturated carbocycles. The maximum Gasteiger partial charge on any atom is 0.217 e. The van der Waals surface area contributed by atoms with Crippen LogP contribution in [0.1, 0.15) is 23.4 Å². The second-order valence-corrected chi connectivity index (χ2v) is 5.67. The molecule has 4 nitrogen and oxygen atoms in total. The summed E-state index contributed by atoms with van der Waals surface area (Å²) >= 11 is 1.70. The molecule has 0 aliphatic heterocycles. The van der Waals surface area contributed by atoms with E-state index in [1.54, 1.807) is 11.3 Å². The Labute approximate surface area is 109 Å². The summed E-state index contributed by atoms with van der Waals surface area (Å²) in [5.41, 5.74) is 9.39. The Bertz CT molecular complexity index is 710. The zero-order chi connectivity index (χ0) is 12.7. The molecule has 0 atom stereocenters. The van der Waals surface area contributed by atoms with E-state index in [9.17, 15) is 0 Å². The molecule has 2 N–H and O–H groups in total. The van der Waals surface area contributed by atoms with Crippen LogP contribution in [0.4, 0.5) is 0 Å². The van der Waals surface area contributed by atoms with Gasteiger partial charge in [-0.25, -0.2) is 0 Å². The van der Waals surface area contributed by atoms with Gasteiger partial charge in [0.2, 0.25) is 4.96 Å². The van der Waals surface area contributed by atoms with Crippen LogP contribution in [0.3, 0.4) is 0 Å². The fourth-order valence-electron chi connectivity index (χ4n) is 2.40. The summed E-state index contributed by atoms with van der Waals surface area (Å²) in [7, 11) is 0. The minimum absolute atomic E-state index is 0.690. The summed E-state index contributed by atoms with van der Waals surface area (Å²) < 4.78 is 3.47. The first-order chi connectivity index (χ1) is 8.70. The third kappa shape index (κ3) is 1.71. The normalized spacial score (nSPS) is 11.7. The number of nitrogens with two attached hydrogens (primary N) is 1. The molecule has 94 valence electrons. The smallest absolute Gasteiger partial charge is 0.217 e. The van der Waals surface area contributed by atoms with E-state index in [1.165, 1.54) is 21.3 Å². The maximum atomic E-state index is 5.57. The Hall–Kier alpha value is -1.46. The summed E-state index contributed by atoms with van der Waals surface area (Å²) in [6.07, 6.45) is 1.83. The average Bonchev–Trinajstić information content (AvgIpc) is 2.84. The van der Waals surface area contributed by atoms with Crippen molar-refractivity contribution >= 4 is 26.5 Å². The maximum absolute atomic E-state index is 5.57. The average molecular weight is 260 g/mol. The summed E-state index contributed by atoms with van der Waals surface area (Å²) in [5.74, 6) is 1.02. The molecule has 0 radical (unpaired) electrons. The molecule has 1 aromatic carbocycles. The predicted molar refractivity (Wildman–Crippen MR) is 75.2 cm³/mol. The highest BCUT2D eigenvalue weighted by atomic mass is 32.1. The summed E-state index contributed by atoms with van der Waals surface area (Å²) in [6.45, 7) is 4.96. The van der Waals surface area contributed by atoms with Gasteiger partial charge in [0.05, 0.1) is 10.2 Å². The first-order valence-corrected chi connectivity index (χ1v) is 6.96. The molecule has 18 heavy (non-hydrogen) atoms. The van der Waals surface area contributed by atoms with Crippen LogP contribution < -0.4 is 5.73 Å². The topological polar surface area (TPSA) is 56.2 Å². The molecule has 0 amide bonds. The van der Waals surface area contributed by atoms with Crippen molar-refractivity contribution in [1.82, 2.24) is 14.6 Å². The molecular weight excluding hydrogens is 244 g/mol. The van der Waals surface area contributed by atoms with Gasteiger partial charge in [-0.3, -0.25) is 4.40 Å². The van der Waals surface area contributed by atoms with Crippen molar-refractivity contribution in [1.29, 1.82) is 0 Å². The Morgan fingerprint density at radius 2 is 2.11 bits per heavy atom. The molecule has 0 fully saturated rings. The van der Waals surface area contributed by atoms with E-state index in [0.29, 0.717) is 6.54 Å². The fourth-order valence-corrected chi connectivity index (χ4v) is 3.56. The minimum Gasteiger partial charge on any atom is -0.330 e. The van der Waals surface area contributed by atoms with E-state index in [1.807, 2.05) is 0 Å². The molecule has 5 heteroatoms. The van der Waals surface area contributed by atoms with Crippen LogP contribution in [0.15, 0.2) is 12.1 Å². The van der Waals surface area contributed by atoms with Gasteiger partial charge in [-0.1, -0.05) is 17.4 Å². The Kier molecular flexibility index (Phi) is 2.80. The Balaban J connectivity index is 2.28. The minimum atomic E-state index is 0.690. The largest absolute Gasteiger partial charge is 0.330 e. The number of hydrogen-bond acceptors (Lipinski definition) is 4. The lowest BCUT2D eigenvalue weighted by atomic mass is 10.1. The number of aromatic nitrogens is 3. The van der Waals surface area contributed by atoms with Crippen LogP contribution >= 0.6 is 11.3 Å². The second kappa shape index (κ2) is 4.33. The van der Waals surface area contributed by atoms with Gasteiger partial charge in [-0.2, -0.15) is 0 Å². The lowest BCUT2D eigenvalue weighted by Crippen LogP contribution is -2.03. The van der Waals surface area contributed by atoms with Crippen molar-refractivity contribution < 1.29 is 0 Å². The van der Waals surface area contributed by atoms with Gasteiger partial charge in [-0.15, -0.1) is 10.2 Å². The molecule has 0 aliphatic carbocycles. The van der Waals surface area contributed by atoms with Crippen molar-refractivity contribution in [2.45, 2.75) is 26.7 Å². The van der Waals surface area contributed by atoms with Crippen molar-refractivity contribution in [2.24, 2.45) is 5.73 Å². The quantitative estimate of drug-likeness (QED) is 0.787. The van der Waals surface area contributed by atoms with Crippen molar-refractivity contribution in [3.8, 4) is 0 Å². The lowest BCUT2D eigenvalue weighted by Gasteiger charge is -2.02. The third-order valence-electron chi connectivity index (χ3n) is 3.14. The van der Waals surface area contributed by atoms with E-state index in [4.69, 9.17) is 5.73 Å². The van der Waals surface area contributed by atoms with E-state index >= 15 is 0 Å². The molecular formula is C13H16N4S. The monoisotopic (exact) mass is 260 g/mol. The van der Waals surface area contributed by atoms with Gasteiger partial charge >= 0.3 is 0 Å². The number of thiazole rings is 1. The zero-order valence-corrected chi connectivity index (χ0v) is 11.4. The van der Waals surface area contributed by atoms with E-state index in [0.717, 1.165) is 23.6 Å². The Morgan fingerprint density at radius 3 is 2.89 bits per heavy atom. The highest BCUT2D eigenvalue weighted by Gasteiger charge is 2.13. The van der Waals surface area contributed by atoms with Crippen LogP contribution in [0.5, 0.6) is 0 Å². The molecule has 3 rings (SSSR count). The molecule has 2 heterocycles. The number of fused-ring (bicyclic) bond motifs is 3. The molecule has 0 unspecified atom stereocenters. The third-order valence-corrected chi connectivity index (χ3v) is 4.12. The number of rotatable bonds is 3. The zero-order valence-electron chi connectivity index (χ0n) is 10.6. The van der Waals surface area contributed by atoms with Crippen LogP contribution in [0.2, 0.25) is 0 Å². The highest BCUT2D eigenvalue weighted by Crippen LogP contribution is 2.30. The highest BCUT2D eigenvalue weighted by molar-refractivity contribution is 7.23. The second-order valence-electron chi connectivity index (χ2n) is 4.66. The molecule has 0 bridgehead atoms. The summed E-state index contributed by atoms with van der Waals surface area (Å²) in [5, 5.41) is 8.54. The van der Waals surface area contributed by atoms with Gasteiger partial charge in [0.25, 0.3) is 0 Å². The number of aryl methyl sites for hydroxylation is 3. The first kappa shape index (κ1) is 11.6. The SMILES string of the molecule is Cc1cc(C)c2c(c1)sc1nnc(CCCN)n12. The van der Waals surface area contributed by atoms with Gasteiger partial charge in [-0.05, 0) is 44.0 Å². The van der Waals surface area contributed by atoms with E-state index < -0.39 is 0 Å². The molecule has 2 aromatic heterocycles. The van der Waals surface area contributed by atoms with E-state index in [2.05, 4.69) is 40.6 Å². The number of benzene rings is 1. The molecule has 0 spiro atoms. The van der Waals surface area contributed by atoms with Crippen molar-refractivity contribution in [3.63, 3.8) is 0 Å².